The van der Waals surface area contributed by atoms with Crippen LogP contribution in [-0.4, -0.2) is 22.5 Å². The molecule has 0 saturated carbocycles. The van der Waals surface area contributed by atoms with Gasteiger partial charge in [0.05, 0.1) is 11.8 Å². The van der Waals surface area contributed by atoms with Gasteiger partial charge in [-0.05, 0) is 31.4 Å². The molecule has 0 saturated heterocycles. The number of allylic oxidation sites excluding steroid dienone is 1. The fourth-order valence-corrected chi connectivity index (χ4v) is 2.35. The van der Waals surface area contributed by atoms with Crippen LogP contribution >= 0.6 is 0 Å². The van der Waals surface area contributed by atoms with E-state index in [1.807, 2.05) is 24.4 Å². The maximum Gasteiger partial charge on any atom is 0.0635 e. The van der Waals surface area contributed by atoms with Crippen molar-refractivity contribution in [2.45, 2.75) is 38.3 Å². The second-order valence-electron chi connectivity index (χ2n) is 4.63. The molecule has 1 aliphatic rings. The molecule has 1 heterocycles. The molecule has 0 fully saturated rings. The van der Waals surface area contributed by atoms with E-state index in [1.54, 1.807) is 0 Å². The van der Waals surface area contributed by atoms with Crippen molar-refractivity contribution < 1.29 is 0 Å². The summed E-state index contributed by atoms with van der Waals surface area (Å²) in [6.45, 7) is 1.65. The molecular weight excluding hydrogens is 222 g/mol. The van der Waals surface area contributed by atoms with Crippen LogP contribution in [0.2, 0.25) is 0 Å². The predicted octanol–water partition coefficient (Wildman–Crippen LogP) is 2.91. The molecule has 1 aliphatic carbocycles. The molecule has 18 heavy (non-hydrogen) atoms. The summed E-state index contributed by atoms with van der Waals surface area (Å²) in [5.74, 6) is 0. The largest absolute Gasteiger partial charge is 0.290 e. The van der Waals surface area contributed by atoms with Gasteiger partial charge in [0.15, 0.2) is 0 Å². The molecule has 3 heteroatoms. The Morgan fingerprint density at radius 3 is 3.06 bits per heavy atom. The zero-order valence-corrected chi connectivity index (χ0v) is 10.6. The lowest BCUT2D eigenvalue weighted by Gasteiger charge is -2.30. The zero-order chi connectivity index (χ0) is 12.6. The topological polar surface area (TPSA) is 39.9 Å². The Kier molecular flexibility index (Phi) is 4.92. The number of nitriles is 1. The van der Waals surface area contributed by atoms with E-state index in [4.69, 9.17) is 5.26 Å². The second kappa shape index (κ2) is 6.93. The van der Waals surface area contributed by atoms with Crippen LogP contribution in [0.15, 0.2) is 36.5 Å². The summed E-state index contributed by atoms with van der Waals surface area (Å²) in [5.41, 5.74) is 1.08. The third-order valence-electron chi connectivity index (χ3n) is 3.30. The van der Waals surface area contributed by atoms with Gasteiger partial charge < -0.3 is 0 Å². The molecule has 1 aromatic rings. The Morgan fingerprint density at radius 1 is 1.44 bits per heavy atom. The average Bonchev–Trinajstić information content (AvgIpc) is 2.45. The van der Waals surface area contributed by atoms with Gasteiger partial charge >= 0.3 is 0 Å². The first kappa shape index (κ1) is 12.8. The molecule has 0 amide bonds. The van der Waals surface area contributed by atoms with E-state index in [0.717, 1.165) is 18.8 Å². The molecule has 2 rings (SSSR count). The van der Waals surface area contributed by atoms with Gasteiger partial charge in [0.25, 0.3) is 0 Å². The molecule has 94 valence electrons. The molecule has 0 radical (unpaired) electrons. The monoisotopic (exact) mass is 241 g/mol. The Balaban J connectivity index is 2.02. The second-order valence-corrected chi connectivity index (χ2v) is 4.63. The highest BCUT2D eigenvalue weighted by Crippen LogP contribution is 2.18. The van der Waals surface area contributed by atoms with E-state index in [9.17, 15) is 0 Å². The Bertz CT molecular complexity index is 419. The molecule has 1 aromatic heterocycles. The van der Waals surface area contributed by atoms with Gasteiger partial charge in [-0.1, -0.05) is 18.2 Å². The summed E-state index contributed by atoms with van der Waals surface area (Å²) in [4.78, 5) is 6.74. The van der Waals surface area contributed by atoms with Crippen LogP contribution in [0.25, 0.3) is 0 Å². The van der Waals surface area contributed by atoms with E-state index in [2.05, 4.69) is 28.1 Å². The Labute approximate surface area is 109 Å². The minimum absolute atomic E-state index is 0.467. The number of pyridine rings is 1. The third kappa shape index (κ3) is 3.68. The highest BCUT2D eigenvalue weighted by molar-refractivity contribution is 5.06. The normalized spacial score (nSPS) is 18.8. The van der Waals surface area contributed by atoms with Gasteiger partial charge in [-0.2, -0.15) is 5.26 Å². The van der Waals surface area contributed by atoms with Crippen LogP contribution in [-0.2, 0) is 6.54 Å². The van der Waals surface area contributed by atoms with Crippen LogP contribution in [0.4, 0.5) is 0 Å². The van der Waals surface area contributed by atoms with Gasteiger partial charge in [0.2, 0.25) is 0 Å². The van der Waals surface area contributed by atoms with Crippen LogP contribution in [0, 0.1) is 11.3 Å². The lowest BCUT2D eigenvalue weighted by atomic mass is 10.0. The first-order valence-corrected chi connectivity index (χ1v) is 6.58. The Hall–Kier alpha value is -1.66. The summed E-state index contributed by atoms with van der Waals surface area (Å²) in [6, 6.07) is 8.70. The number of nitrogens with zero attached hydrogens (tertiary/aromatic N) is 3. The first-order valence-electron chi connectivity index (χ1n) is 6.58. The number of hydrogen-bond acceptors (Lipinski definition) is 3. The molecule has 0 aromatic carbocycles. The SMILES string of the molecule is N#CCCN(Cc1ccccn1)[C@H]1C=CCCC1. The van der Waals surface area contributed by atoms with Gasteiger partial charge in [0, 0.05) is 31.7 Å². The quantitative estimate of drug-likeness (QED) is 0.744. The summed E-state index contributed by atoms with van der Waals surface area (Å²) in [6.07, 6.45) is 10.6. The highest BCUT2D eigenvalue weighted by Gasteiger charge is 2.17. The number of hydrogen-bond donors (Lipinski definition) is 0. The predicted molar refractivity (Wildman–Crippen MR) is 71.7 cm³/mol. The van der Waals surface area contributed by atoms with Gasteiger partial charge in [-0.3, -0.25) is 9.88 Å². The average molecular weight is 241 g/mol. The van der Waals surface area contributed by atoms with Gasteiger partial charge in [-0.25, -0.2) is 0 Å². The minimum Gasteiger partial charge on any atom is -0.290 e. The summed E-state index contributed by atoms with van der Waals surface area (Å²) in [7, 11) is 0. The van der Waals surface area contributed by atoms with Gasteiger partial charge in [-0.15, -0.1) is 0 Å². The van der Waals surface area contributed by atoms with Crippen molar-refractivity contribution in [3.63, 3.8) is 0 Å². The molecular formula is C15H19N3. The molecule has 0 aliphatic heterocycles. The summed E-state index contributed by atoms with van der Waals surface area (Å²) < 4.78 is 0. The molecule has 0 spiro atoms. The molecule has 0 N–H and O–H groups in total. The summed E-state index contributed by atoms with van der Waals surface area (Å²) in [5, 5.41) is 8.77. The van der Waals surface area contributed by atoms with Gasteiger partial charge in [0.1, 0.15) is 0 Å². The van der Waals surface area contributed by atoms with Crippen molar-refractivity contribution in [1.29, 1.82) is 5.26 Å². The molecule has 1 atom stereocenters. The van der Waals surface area contributed by atoms with Crippen molar-refractivity contribution in [2.24, 2.45) is 0 Å². The van der Waals surface area contributed by atoms with Crippen molar-refractivity contribution >= 4 is 0 Å². The van der Waals surface area contributed by atoms with Crippen molar-refractivity contribution in [1.82, 2.24) is 9.88 Å². The van der Waals surface area contributed by atoms with Crippen LogP contribution < -0.4 is 0 Å². The molecule has 0 unspecified atom stereocenters. The standard InChI is InChI=1S/C15H19N3/c16-10-6-12-18(15-8-2-1-3-9-15)13-14-7-4-5-11-17-14/h2,4-5,7-8,11,15H,1,3,6,9,12-13H2/t15-/m0/s1. The minimum atomic E-state index is 0.467. The van der Waals surface area contributed by atoms with Crippen LogP contribution in [0.3, 0.4) is 0 Å². The maximum absolute atomic E-state index is 8.77. The van der Waals surface area contributed by atoms with Crippen LogP contribution in [0.5, 0.6) is 0 Å². The van der Waals surface area contributed by atoms with E-state index >= 15 is 0 Å². The fourth-order valence-electron chi connectivity index (χ4n) is 2.35. The van der Waals surface area contributed by atoms with E-state index in [0.29, 0.717) is 12.5 Å². The third-order valence-corrected chi connectivity index (χ3v) is 3.30. The number of rotatable bonds is 5. The Morgan fingerprint density at radius 2 is 2.39 bits per heavy atom. The molecule has 3 nitrogen and oxygen atoms in total. The highest BCUT2D eigenvalue weighted by atomic mass is 15.2. The van der Waals surface area contributed by atoms with E-state index in [-0.39, 0.29) is 0 Å². The summed E-state index contributed by atoms with van der Waals surface area (Å²) >= 11 is 0. The van der Waals surface area contributed by atoms with E-state index < -0.39 is 0 Å². The lowest BCUT2D eigenvalue weighted by molar-refractivity contribution is 0.207. The van der Waals surface area contributed by atoms with E-state index in [1.165, 1.54) is 19.3 Å². The lowest BCUT2D eigenvalue weighted by Crippen LogP contribution is -2.35. The zero-order valence-electron chi connectivity index (χ0n) is 10.6. The van der Waals surface area contributed by atoms with Crippen LogP contribution in [0.1, 0.15) is 31.4 Å². The smallest absolute Gasteiger partial charge is 0.0635 e. The fraction of sp³-hybridized carbons (Fsp3) is 0.467. The number of aromatic nitrogens is 1. The first-order chi connectivity index (χ1) is 8.90. The van der Waals surface area contributed by atoms with Crippen molar-refractivity contribution in [3.8, 4) is 6.07 Å². The van der Waals surface area contributed by atoms with Crippen molar-refractivity contribution in [3.05, 3.63) is 42.2 Å². The maximum atomic E-state index is 8.77. The van der Waals surface area contributed by atoms with Crippen molar-refractivity contribution in [2.75, 3.05) is 6.54 Å². The molecule has 0 bridgehead atoms.